The molecule has 0 fully saturated rings. The lowest BCUT2D eigenvalue weighted by Crippen LogP contribution is -2.01. The summed E-state index contributed by atoms with van der Waals surface area (Å²) in [7, 11) is 0. The third-order valence-corrected chi connectivity index (χ3v) is 3.05. The van der Waals surface area contributed by atoms with E-state index in [1.54, 1.807) is 31.2 Å². The number of halogens is 2. The van der Waals surface area contributed by atoms with E-state index in [-0.39, 0.29) is 5.56 Å². The number of aryl methyl sites for hydroxylation is 1. The van der Waals surface area contributed by atoms with Crippen LogP contribution in [0.25, 0.3) is 11.1 Å². The zero-order chi connectivity index (χ0) is 13.3. The van der Waals surface area contributed by atoms with E-state index in [1.807, 2.05) is 0 Å². The molecule has 0 saturated heterocycles. The molecule has 2 aromatic rings. The van der Waals surface area contributed by atoms with Crippen molar-refractivity contribution in [2.24, 2.45) is 0 Å². The Morgan fingerprint density at radius 1 is 1.22 bits per heavy atom. The highest BCUT2D eigenvalue weighted by Crippen LogP contribution is 2.32. The summed E-state index contributed by atoms with van der Waals surface area (Å²) in [6.07, 6.45) is 1.32. The zero-order valence-corrected chi connectivity index (χ0v) is 11.0. The lowest BCUT2D eigenvalue weighted by molar-refractivity contribution is 0.0697. The van der Waals surface area contributed by atoms with Crippen LogP contribution in [0.2, 0.25) is 10.0 Å². The van der Waals surface area contributed by atoms with Crippen molar-refractivity contribution in [3.05, 3.63) is 51.8 Å². The number of hydrogen-bond acceptors (Lipinski definition) is 2. The second-order valence-corrected chi connectivity index (χ2v) is 4.64. The number of hydrogen-bond donors (Lipinski definition) is 1. The van der Waals surface area contributed by atoms with Gasteiger partial charge in [-0.3, -0.25) is 4.98 Å². The highest BCUT2D eigenvalue weighted by Gasteiger charge is 2.15. The van der Waals surface area contributed by atoms with Crippen LogP contribution in [0.3, 0.4) is 0 Å². The smallest absolute Gasteiger partial charge is 0.337 e. The second kappa shape index (κ2) is 4.96. The Kier molecular flexibility index (Phi) is 3.55. The van der Waals surface area contributed by atoms with Gasteiger partial charge in [-0.25, -0.2) is 4.79 Å². The quantitative estimate of drug-likeness (QED) is 0.903. The lowest BCUT2D eigenvalue weighted by atomic mass is 10.0. The Hall–Kier alpha value is -1.58. The zero-order valence-electron chi connectivity index (χ0n) is 9.45. The van der Waals surface area contributed by atoms with Crippen LogP contribution in [-0.2, 0) is 0 Å². The summed E-state index contributed by atoms with van der Waals surface area (Å²) in [5.41, 5.74) is 1.92. The molecule has 0 saturated carbocycles. The summed E-state index contributed by atoms with van der Waals surface area (Å²) in [6, 6.07) is 6.62. The molecule has 1 heterocycles. The minimum atomic E-state index is -1.05. The summed E-state index contributed by atoms with van der Waals surface area (Å²) in [6.45, 7) is 1.79. The molecular weight excluding hydrogens is 273 g/mol. The molecule has 0 atom stereocenters. The number of rotatable bonds is 2. The fraction of sp³-hybridized carbons (Fsp3) is 0.0769. The molecule has 1 N–H and O–H groups in total. The average Bonchev–Trinajstić information content (AvgIpc) is 2.31. The molecule has 0 aliphatic rings. The molecule has 1 aromatic carbocycles. The minimum Gasteiger partial charge on any atom is -0.478 e. The number of nitrogens with zero attached hydrogens (tertiary/aromatic N) is 1. The maximum atomic E-state index is 11.2. The first kappa shape index (κ1) is 12.9. The molecule has 2 rings (SSSR count). The summed E-state index contributed by atoms with van der Waals surface area (Å²) in [4.78, 5) is 15.2. The van der Waals surface area contributed by atoms with Gasteiger partial charge < -0.3 is 5.11 Å². The van der Waals surface area contributed by atoms with E-state index < -0.39 is 5.97 Å². The number of pyridine rings is 1. The Balaban J connectivity index is 2.73. The Labute approximate surface area is 114 Å². The van der Waals surface area contributed by atoms with Crippen LogP contribution < -0.4 is 0 Å². The SMILES string of the molecule is Cc1cc(-c2cc(Cl)ccc2Cl)c(C(=O)O)cn1. The average molecular weight is 282 g/mol. The van der Waals surface area contributed by atoms with Crippen molar-refractivity contribution < 1.29 is 9.90 Å². The molecular formula is C13H9Cl2NO2. The van der Waals surface area contributed by atoms with Gasteiger partial charge in [-0.05, 0) is 31.2 Å². The summed E-state index contributed by atoms with van der Waals surface area (Å²) in [5.74, 6) is -1.05. The molecule has 0 amide bonds. The summed E-state index contributed by atoms with van der Waals surface area (Å²) in [5, 5.41) is 10.1. The van der Waals surface area contributed by atoms with Gasteiger partial charge in [0.2, 0.25) is 0 Å². The van der Waals surface area contributed by atoms with Gasteiger partial charge in [0.25, 0.3) is 0 Å². The first-order chi connectivity index (χ1) is 8.49. The Bertz CT molecular complexity index is 626. The molecule has 0 aliphatic heterocycles. The maximum Gasteiger partial charge on any atom is 0.337 e. The van der Waals surface area contributed by atoms with Gasteiger partial charge in [-0.15, -0.1) is 0 Å². The van der Waals surface area contributed by atoms with Crippen molar-refractivity contribution in [3.63, 3.8) is 0 Å². The molecule has 92 valence electrons. The van der Waals surface area contributed by atoms with E-state index in [2.05, 4.69) is 4.98 Å². The summed E-state index contributed by atoms with van der Waals surface area (Å²) >= 11 is 12.0. The molecule has 18 heavy (non-hydrogen) atoms. The van der Waals surface area contributed by atoms with Gasteiger partial charge >= 0.3 is 5.97 Å². The van der Waals surface area contributed by atoms with Crippen LogP contribution in [0.15, 0.2) is 30.5 Å². The van der Waals surface area contributed by atoms with E-state index in [1.165, 1.54) is 6.20 Å². The third kappa shape index (κ3) is 2.47. The highest BCUT2D eigenvalue weighted by atomic mass is 35.5. The third-order valence-electron chi connectivity index (χ3n) is 2.49. The number of aromatic nitrogens is 1. The standard InChI is InChI=1S/C13H9Cl2NO2/c1-7-4-9(11(6-16-7)13(17)18)10-5-8(14)2-3-12(10)15/h2-6H,1H3,(H,17,18). The van der Waals surface area contributed by atoms with Crippen molar-refractivity contribution in [1.82, 2.24) is 4.98 Å². The van der Waals surface area contributed by atoms with E-state index >= 15 is 0 Å². The van der Waals surface area contributed by atoms with Crippen LogP contribution in [0.5, 0.6) is 0 Å². The number of aromatic carboxylic acids is 1. The second-order valence-electron chi connectivity index (χ2n) is 3.80. The predicted molar refractivity (Wildman–Crippen MR) is 71.4 cm³/mol. The first-order valence-corrected chi connectivity index (χ1v) is 5.90. The monoisotopic (exact) mass is 281 g/mol. The molecule has 5 heteroatoms. The Morgan fingerprint density at radius 2 is 1.94 bits per heavy atom. The predicted octanol–water partition coefficient (Wildman–Crippen LogP) is 4.06. The lowest BCUT2D eigenvalue weighted by Gasteiger charge is -2.09. The number of carboxylic acid groups (broad SMARTS) is 1. The fourth-order valence-electron chi connectivity index (χ4n) is 1.66. The number of benzene rings is 1. The molecule has 0 unspecified atom stereocenters. The highest BCUT2D eigenvalue weighted by molar-refractivity contribution is 6.35. The van der Waals surface area contributed by atoms with Gasteiger partial charge in [0.1, 0.15) is 0 Å². The number of carbonyl (C=O) groups is 1. The van der Waals surface area contributed by atoms with Gasteiger partial charge in [-0.1, -0.05) is 23.2 Å². The van der Waals surface area contributed by atoms with Crippen LogP contribution in [0, 0.1) is 6.92 Å². The maximum absolute atomic E-state index is 11.2. The molecule has 0 bridgehead atoms. The topological polar surface area (TPSA) is 50.2 Å². The van der Waals surface area contributed by atoms with Gasteiger partial charge in [0.15, 0.2) is 0 Å². The van der Waals surface area contributed by atoms with Gasteiger partial charge in [0.05, 0.1) is 5.56 Å². The van der Waals surface area contributed by atoms with Crippen LogP contribution >= 0.6 is 23.2 Å². The van der Waals surface area contributed by atoms with Crippen LogP contribution in [0.1, 0.15) is 16.1 Å². The molecule has 0 radical (unpaired) electrons. The van der Waals surface area contributed by atoms with E-state index in [0.717, 1.165) is 0 Å². The van der Waals surface area contributed by atoms with Crippen LogP contribution in [-0.4, -0.2) is 16.1 Å². The largest absolute Gasteiger partial charge is 0.478 e. The van der Waals surface area contributed by atoms with Crippen molar-refractivity contribution in [3.8, 4) is 11.1 Å². The van der Waals surface area contributed by atoms with Crippen LogP contribution in [0.4, 0.5) is 0 Å². The van der Waals surface area contributed by atoms with Crippen molar-refractivity contribution >= 4 is 29.2 Å². The van der Waals surface area contributed by atoms with Crippen molar-refractivity contribution in [2.45, 2.75) is 6.92 Å². The Morgan fingerprint density at radius 3 is 2.61 bits per heavy atom. The van der Waals surface area contributed by atoms with E-state index in [0.29, 0.717) is 26.9 Å². The minimum absolute atomic E-state index is 0.102. The van der Waals surface area contributed by atoms with Gasteiger partial charge in [-0.2, -0.15) is 0 Å². The first-order valence-electron chi connectivity index (χ1n) is 5.14. The fourth-order valence-corrected chi connectivity index (χ4v) is 2.05. The molecule has 3 nitrogen and oxygen atoms in total. The number of carboxylic acids is 1. The van der Waals surface area contributed by atoms with E-state index in [4.69, 9.17) is 28.3 Å². The normalized spacial score (nSPS) is 10.4. The molecule has 0 aliphatic carbocycles. The summed E-state index contributed by atoms with van der Waals surface area (Å²) < 4.78 is 0. The van der Waals surface area contributed by atoms with Crippen molar-refractivity contribution in [1.29, 1.82) is 0 Å². The van der Waals surface area contributed by atoms with Crippen molar-refractivity contribution in [2.75, 3.05) is 0 Å². The van der Waals surface area contributed by atoms with Gasteiger partial charge in [0, 0.05) is 33.1 Å². The molecule has 1 aromatic heterocycles. The molecule has 0 spiro atoms. The van der Waals surface area contributed by atoms with E-state index in [9.17, 15) is 4.79 Å².